The van der Waals surface area contributed by atoms with Crippen LogP contribution in [0.4, 0.5) is 11.4 Å². The number of hydrogen-bond acceptors (Lipinski definition) is 4. The first-order valence-corrected chi connectivity index (χ1v) is 10.6. The van der Waals surface area contributed by atoms with Crippen molar-refractivity contribution in [1.82, 2.24) is 0 Å². The van der Waals surface area contributed by atoms with Crippen molar-refractivity contribution in [2.75, 3.05) is 16.6 Å². The Morgan fingerprint density at radius 3 is 2.03 bits per heavy atom. The SMILES string of the molecule is CCOc1ccc(C(=O)Nc2ccc(S(=O)(=O)Nc3ccc(C)cc3)cc2)cc1. The summed E-state index contributed by atoms with van der Waals surface area (Å²) in [5.41, 5.74) is 2.51. The van der Waals surface area contributed by atoms with E-state index in [9.17, 15) is 13.2 Å². The van der Waals surface area contributed by atoms with E-state index >= 15 is 0 Å². The van der Waals surface area contributed by atoms with Crippen LogP contribution in [0, 0.1) is 6.92 Å². The maximum atomic E-state index is 12.5. The summed E-state index contributed by atoms with van der Waals surface area (Å²) in [4.78, 5) is 12.5. The summed E-state index contributed by atoms with van der Waals surface area (Å²) in [6, 6.07) is 19.9. The molecule has 0 saturated carbocycles. The van der Waals surface area contributed by atoms with Crippen molar-refractivity contribution < 1.29 is 17.9 Å². The lowest BCUT2D eigenvalue weighted by atomic mass is 10.2. The van der Waals surface area contributed by atoms with Gasteiger partial charge < -0.3 is 10.1 Å². The molecule has 0 atom stereocenters. The molecule has 0 aliphatic heterocycles. The highest BCUT2D eigenvalue weighted by Crippen LogP contribution is 2.19. The van der Waals surface area contributed by atoms with Gasteiger partial charge in [0.05, 0.1) is 11.5 Å². The molecule has 0 aliphatic rings. The highest BCUT2D eigenvalue weighted by Gasteiger charge is 2.14. The van der Waals surface area contributed by atoms with E-state index in [1.165, 1.54) is 12.1 Å². The largest absolute Gasteiger partial charge is 0.494 e. The van der Waals surface area contributed by atoms with E-state index in [1.807, 2.05) is 26.0 Å². The van der Waals surface area contributed by atoms with Crippen molar-refractivity contribution in [2.24, 2.45) is 0 Å². The molecule has 0 bridgehead atoms. The summed E-state index contributed by atoms with van der Waals surface area (Å²) in [5, 5.41) is 2.75. The van der Waals surface area contributed by atoms with Gasteiger partial charge in [0.2, 0.25) is 0 Å². The van der Waals surface area contributed by atoms with Gasteiger partial charge in [0.1, 0.15) is 5.75 Å². The number of hydrogen-bond donors (Lipinski definition) is 2. The zero-order valence-corrected chi connectivity index (χ0v) is 17.0. The summed E-state index contributed by atoms with van der Waals surface area (Å²) >= 11 is 0. The molecule has 0 radical (unpaired) electrons. The van der Waals surface area contributed by atoms with Gasteiger partial charge in [0.25, 0.3) is 15.9 Å². The molecular formula is C22H22N2O4S. The van der Waals surface area contributed by atoms with Crippen LogP contribution in [0.5, 0.6) is 5.75 Å². The molecule has 150 valence electrons. The molecule has 0 unspecified atom stereocenters. The summed E-state index contributed by atoms with van der Waals surface area (Å²) in [5.74, 6) is 0.404. The van der Waals surface area contributed by atoms with Gasteiger partial charge in [0.15, 0.2) is 0 Å². The smallest absolute Gasteiger partial charge is 0.261 e. The Kier molecular flexibility index (Phi) is 6.19. The summed E-state index contributed by atoms with van der Waals surface area (Å²) in [7, 11) is -3.71. The molecule has 0 fully saturated rings. The minimum absolute atomic E-state index is 0.108. The zero-order valence-electron chi connectivity index (χ0n) is 16.2. The van der Waals surface area contributed by atoms with Gasteiger partial charge in [-0.2, -0.15) is 0 Å². The fraction of sp³-hybridized carbons (Fsp3) is 0.136. The molecule has 3 aromatic carbocycles. The maximum Gasteiger partial charge on any atom is 0.261 e. The van der Waals surface area contributed by atoms with Gasteiger partial charge in [-0.15, -0.1) is 0 Å². The summed E-state index contributed by atoms with van der Waals surface area (Å²) < 4.78 is 32.9. The molecule has 29 heavy (non-hydrogen) atoms. The molecule has 6 nitrogen and oxygen atoms in total. The van der Waals surface area contributed by atoms with Crippen molar-refractivity contribution in [3.8, 4) is 5.75 Å². The fourth-order valence-corrected chi connectivity index (χ4v) is 3.68. The molecule has 0 heterocycles. The van der Waals surface area contributed by atoms with Crippen LogP contribution in [-0.2, 0) is 10.0 Å². The Morgan fingerprint density at radius 2 is 1.45 bits per heavy atom. The highest BCUT2D eigenvalue weighted by molar-refractivity contribution is 7.92. The topological polar surface area (TPSA) is 84.5 Å². The minimum Gasteiger partial charge on any atom is -0.494 e. The Bertz CT molecular complexity index is 1080. The molecule has 7 heteroatoms. The lowest BCUT2D eigenvalue weighted by Gasteiger charge is -2.10. The molecule has 0 aromatic heterocycles. The lowest BCUT2D eigenvalue weighted by Crippen LogP contribution is -2.14. The number of benzene rings is 3. The Hall–Kier alpha value is -3.32. The number of carbonyl (C=O) groups excluding carboxylic acids is 1. The van der Waals surface area contributed by atoms with Crippen LogP contribution < -0.4 is 14.8 Å². The average molecular weight is 410 g/mol. The van der Waals surface area contributed by atoms with Gasteiger partial charge in [-0.1, -0.05) is 17.7 Å². The first-order chi connectivity index (χ1) is 13.9. The van der Waals surface area contributed by atoms with E-state index in [4.69, 9.17) is 4.74 Å². The van der Waals surface area contributed by atoms with Gasteiger partial charge in [-0.25, -0.2) is 8.42 Å². The molecule has 0 spiro atoms. The minimum atomic E-state index is -3.71. The number of sulfonamides is 1. The number of amides is 1. The second kappa shape index (κ2) is 8.79. The average Bonchev–Trinajstić information content (AvgIpc) is 2.71. The summed E-state index contributed by atoms with van der Waals surface area (Å²) in [6.45, 7) is 4.37. The van der Waals surface area contributed by atoms with Crippen molar-refractivity contribution in [2.45, 2.75) is 18.7 Å². The fourth-order valence-electron chi connectivity index (χ4n) is 2.63. The van der Waals surface area contributed by atoms with Crippen molar-refractivity contribution in [1.29, 1.82) is 0 Å². The van der Waals surface area contributed by atoms with Crippen LogP contribution in [0.1, 0.15) is 22.8 Å². The molecule has 3 rings (SSSR count). The van der Waals surface area contributed by atoms with E-state index < -0.39 is 10.0 Å². The highest BCUT2D eigenvalue weighted by atomic mass is 32.2. The predicted molar refractivity (Wildman–Crippen MR) is 114 cm³/mol. The van der Waals surface area contributed by atoms with E-state index in [-0.39, 0.29) is 10.8 Å². The molecule has 0 aliphatic carbocycles. The summed E-state index contributed by atoms with van der Waals surface area (Å²) in [6.07, 6.45) is 0. The molecular weight excluding hydrogens is 388 g/mol. The maximum absolute atomic E-state index is 12.5. The Morgan fingerprint density at radius 1 is 0.862 bits per heavy atom. The molecule has 0 saturated heterocycles. The molecule has 3 aromatic rings. The predicted octanol–water partition coefficient (Wildman–Crippen LogP) is 4.45. The van der Waals surface area contributed by atoms with Gasteiger partial charge in [-0.05, 0) is 74.5 Å². The van der Waals surface area contributed by atoms with E-state index in [0.29, 0.717) is 29.3 Å². The van der Waals surface area contributed by atoms with Crippen LogP contribution in [0.25, 0.3) is 0 Å². The van der Waals surface area contributed by atoms with Gasteiger partial charge in [-0.3, -0.25) is 9.52 Å². The van der Waals surface area contributed by atoms with Crippen molar-refractivity contribution in [3.05, 3.63) is 83.9 Å². The van der Waals surface area contributed by atoms with E-state index in [0.717, 1.165) is 5.56 Å². The third-order valence-corrected chi connectivity index (χ3v) is 5.55. The Labute approximate surface area is 170 Å². The first-order valence-electron chi connectivity index (χ1n) is 9.11. The number of aryl methyl sites for hydroxylation is 1. The number of rotatable bonds is 7. The first kappa shape index (κ1) is 20.4. The van der Waals surface area contributed by atoms with Crippen LogP contribution in [0.15, 0.2) is 77.7 Å². The normalized spacial score (nSPS) is 11.0. The van der Waals surface area contributed by atoms with Gasteiger partial charge in [0, 0.05) is 16.9 Å². The van der Waals surface area contributed by atoms with E-state index in [1.54, 1.807) is 48.5 Å². The monoisotopic (exact) mass is 410 g/mol. The third-order valence-electron chi connectivity index (χ3n) is 4.15. The number of ether oxygens (including phenoxy) is 1. The third kappa shape index (κ3) is 5.36. The van der Waals surface area contributed by atoms with Crippen molar-refractivity contribution in [3.63, 3.8) is 0 Å². The number of nitrogens with one attached hydrogen (secondary N) is 2. The van der Waals surface area contributed by atoms with Crippen LogP contribution in [0.3, 0.4) is 0 Å². The Balaban J connectivity index is 1.67. The van der Waals surface area contributed by atoms with Crippen LogP contribution >= 0.6 is 0 Å². The second-order valence-corrected chi connectivity index (χ2v) is 8.09. The molecule has 1 amide bonds. The molecule has 2 N–H and O–H groups in total. The van der Waals surface area contributed by atoms with Gasteiger partial charge >= 0.3 is 0 Å². The van der Waals surface area contributed by atoms with Crippen molar-refractivity contribution >= 4 is 27.3 Å². The zero-order chi connectivity index (χ0) is 20.9. The van der Waals surface area contributed by atoms with E-state index in [2.05, 4.69) is 10.0 Å². The number of carbonyl (C=O) groups is 1. The van der Waals surface area contributed by atoms with Crippen LogP contribution in [-0.4, -0.2) is 20.9 Å². The quantitative estimate of drug-likeness (QED) is 0.603. The standard InChI is InChI=1S/C22H22N2O4S/c1-3-28-20-12-6-17(7-13-20)22(25)23-18-10-14-21(15-11-18)29(26,27)24-19-8-4-16(2)5-9-19/h4-15,24H,3H2,1-2H3,(H,23,25). The lowest BCUT2D eigenvalue weighted by molar-refractivity contribution is 0.102. The number of anilines is 2. The van der Waals surface area contributed by atoms with Crippen LogP contribution in [0.2, 0.25) is 0 Å². The second-order valence-electron chi connectivity index (χ2n) is 6.41.